The van der Waals surface area contributed by atoms with Crippen LogP contribution in [0.5, 0.6) is 11.5 Å². The van der Waals surface area contributed by atoms with E-state index in [1.165, 1.54) is 21.0 Å². The van der Waals surface area contributed by atoms with Gasteiger partial charge < -0.3 is 48.9 Å². The maximum Gasteiger partial charge on any atom is 0.509 e. The number of carbonyl (C=O) groups is 5. The molecule has 4 aliphatic rings. The van der Waals surface area contributed by atoms with Gasteiger partial charge in [0.2, 0.25) is 0 Å². The van der Waals surface area contributed by atoms with Crippen LogP contribution in [0.4, 0.5) is 4.79 Å². The molecule has 268 valence electrons. The lowest BCUT2D eigenvalue weighted by molar-refractivity contribution is -0.176. The Labute approximate surface area is 283 Å². The first-order valence-corrected chi connectivity index (χ1v) is 16.3. The molecule has 0 radical (unpaired) electrons. The number of ether oxygens (including phenoxy) is 6. The average molecular weight is 689 g/mol. The van der Waals surface area contributed by atoms with E-state index in [9.17, 15) is 34.2 Å². The van der Waals surface area contributed by atoms with Gasteiger partial charge >= 0.3 is 24.1 Å². The highest BCUT2D eigenvalue weighted by atomic mass is 16.7. The number of aliphatic carboxylic acids is 1. The number of likely N-dealkylation sites (N-methyl/N-ethyl adjacent to an activating group) is 1. The Morgan fingerprint density at radius 3 is 2.47 bits per heavy atom. The molecule has 3 unspecified atom stereocenters. The Bertz CT molecular complexity index is 1570. The number of amides is 1. The lowest BCUT2D eigenvalue weighted by Crippen LogP contribution is -2.74. The summed E-state index contributed by atoms with van der Waals surface area (Å²) in [5.74, 6) is -3.04. The number of carboxylic acids is 1. The number of hydrogen-bond donors (Lipinski definition) is 3. The molecule has 0 aromatic heterocycles. The number of carbonyl (C=O) groups excluding carboxylic acids is 4. The zero-order chi connectivity index (χ0) is 36.1. The van der Waals surface area contributed by atoms with Crippen molar-refractivity contribution in [3.63, 3.8) is 0 Å². The van der Waals surface area contributed by atoms with Crippen molar-refractivity contribution >= 4 is 30.0 Å². The number of esters is 2. The molecule has 2 bridgehead atoms. The molecule has 2 aliphatic carbocycles. The van der Waals surface area contributed by atoms with Crippen molar-refractivity contribution < 1.29 is 62.6 Å². The molecule has 2 aliphatic heterocycles. The predicted molar refractivity (Wildman–Crippen MR) is 169 cm³/mol. The number of rotatable bonds is 11. The zero-order valence-electron chi connectivity index (χ0n) is 28.7. The highest BCUT2D eigenvalue weighted by Crippen LogP contribution is 2.65. The van der Waals surface area contributed by atoms with Crippen LogP contribution in [0.2, 0.25) is 0 Å². The number of hydrogen-bond acceptors (Lipinski definition) is 13. The molecule has 1 amide bonds. The minimum Gasteiger partial charge on any atom is -0.493 e. The second kappa shape index (κ2) is 13.2. The number of carboxylic acid groups (broad SMARTS) is 1. The molecule has 7 atom stereocenters. The van der Waals surface area contributed by atoms with Crippen molar-refractivity contribution in [1.82, 2.24) is 10.2 Å². The van der Waals surface area contributed by atoms with Crippen molar-refractivity contribution in [2.24, 2.45) is 0 Å². The lowest BCUT2D eigenvalue weighted by Gasteiger charge is -2.61. The summed E-state index contributed by atoms with van der Waals surface area (Å²) in [6, 6.07) is 2.10. The number of benzene rings is 1. The van der Waals surface area contributed by atoms with Gasteiger partial charge in [-0.05, 0) is 85.2 Å². The number of methoxy groups -OCH3 is 1. The Balaban J connectivity index is 1.30. The minimum atomic E-state index is -1.50. The third-order valence-electron chi connectivity index (χ3n) is 9.68. The predicted octanol–water partition coefficient (Wildman–Crippen LogP) is 2.14. The Kier molecular flexibility index (Phi) is 9.65. The van der Waals surface area contributed by atoms with E-state index in [0.29, 0.717) is 30.9 Å². The van der Waals surface area contributed by atoms with Crippen LogP contribution in [0, 0.1) is 0 Å². The van der Waals surface area contributed by atoms with Crippen molar-refractivity contribution in [2.45, 2.75) is 114 Å². The second-order valence-electron chi connectivity index (χ2n) is 14.0. The fourth-order valence-electron chi connectivity index (χ4n) is 7.37. The fraction of sp³-hybridized carbons (Fsp3) is 0.618. The maximum atomic E-state index is 13.4. The van der Waals surface area contributed by atoms with E-state index >= 15 is 0 Å². The summed E-state index contributed by atoms with van der Waals surface area (Å²) in [6.07, 6.45) is -2.81. The molecule has 5 rings (SSSR count). The number of piperidine rings is 1. The normalized spacial score (nSPS) is 26.8. The van der Waals surface area contributed by atoms with Crippen LogP contribution in [0.15, 0.2) is 24.0 Å². The molecule has 1 fully saturated rings. The monoisotopic (exact) mass is 688 g/mol. The van der Waals surface area contributed by atoms with Gasteiger partial charge in [0.25, 0.3) is 5.91 Å². The van der Waals surface area contributed by atoms with Crippen LogP contribution in [-0.2, 0) is 50.0 Å². The summed E-state index contributed by atoms with van der Waals surface area (Å²) >= 11 is 0. The van der Waals surface area contributed by atoms with Crippen LogP contribution in [0.1, 0.15) is 71.4 Å². The molecule has 1 spiro atoms. The molecule has 1 saturated heterocycles. The summed E-state index contributed by atoms with van der Waals surface area (Å²) in [7, 11) is 3.51. The van der Waals surface area contributed by atoms with Crippen LogP contribution in [0.3, 0.4) is 0 Å². The Morgan fingerprint density at radius 2 is 1.82 bits per heavy atom. The molecule has 49 heavy (non-hydrogen) atoms. The first kappa shape index (κ1) is 35.9. The van der Waals surface area contributed by atoms with Crippen LogP contribution in [0.25, 0.3) is 0 Å². The molecular formula is C34H44N2O13. The molecule has 1 aromatic rings. The Morgan fingerprint density at radius 1 is 1.10 bits per heavy atom. The largest absolute Gasteiger partial charge is 0.509 e. The molecular weight excluding hydrogens is 644 g/mol. The topological polar surface area (TPSA) is 196 Å². The number of nitrogens with zero attached hydrogens (tertiary/aromatic N) is 1. The van der Waals surface area contributed by atoms with Gasteiger partial charge in [-0.25, -0.2) is 14.4 Å². The minimum absolute atomic E-state index is 0.163. The quantitative estimate of drug-likeness (QED) is 0.226. The van der Waals surface area contributed by atoms with E-state index in [0.717, 1.165) is 11.1 Å². The van der Waals surface area contributed by atoms with E-state index in [4.69, 9.17) is 28.4 Å². The summed E-state index contributed by atoms with van der Waals surface area (Å²) in [4.78, 5) is 64.8. The summed E-state index contributed by atoms with van der Waals surface area (Å²) < 4.78 is 33.3. The molecule has 3 N–H and O–H groups in total. The van der Waals surface area contributed by atoms with Crippen molar-refractivity contribution in [2.75, 3.05) is 20.7 Å². The van der Waals surface area contributed by atoms with Gasteiger partial charge in [-0.15, -0.1) is 0 Å². The van der Waals surface area contributed by atoms with Crippen LogP contribution < -0.4 is 14.8 Å². The number of aliphatic hydroxyl groups is 1. The Hall–Kier alpha value is -4.37. The highest BCUT2D eigenvalue weighted by Gasteiger charge is 2.72. The SMILES string of the molecule is COc1ccc2c3c1O[C@H]1C(OC(=O)C(C)OC(=O)C(CCC(=O)O)NC(=O)C(C)OC(=O)OC(C)(C)C)=CC[C@@]4(O)[C@@H](C2)N(C)CC[C@]314. The first-order valence-electron chi connectivity index (χ1n) is 16.3. The number of likely N-dealkylation sites (tertiary alicyclic amines) is 1. The lowest BCUT2D eigenvalue weighted by atomic mass is 9.50. The molecule has 0 saturated carbocycles. The maximum absolute atomic E-state index is 13.4. The molecule has 1 aromatic carbocycles. The van der Waals surface area contributed by atoms with Gasteiger partial charge in [0.15, 0.2) is 29.8 Å². The summed E-state index contributed by atoms with van der Waals surface area (Å²) in [5, 5.41) is 23.9. The summed E-state index contributed by atoms with van der Waals surface area (Å²) in [6.45, 7) is 8.03. The van der Waals surface area contributed by atoms with E-state index in [1.807, 2.05) is 19.2 Å². The molecule has 15 nitrogen and oxygen atoms in total. The van der Waals surface area contributed by atoms with E-state index < -0.39 is 77.4 Å². The molecule has 2 heterocycles. The van der Waals surface area contributed by atoms with E-state index in [2.05, 4.69) is 10.2 Å². The number of nitrogens with one attached hydrogen (secondary N) is 1. The molecule has 15 heteroatoms. The average Bonchev–Trinajstić information content (AvgIpc) is 3.37. The van der Waals surface area contributed by atoms with Crippen molar-refractivity contribution in [3.8, 4) is 11.5 Å². The van der Waals surface area contributed by atoms with Gasteiger partial charge in [0.1, 0.15) is 17.4 Å². The van der Waals surface area contributed by atoms with E-state index in [-0.39, 0.29) is 24.6 Å². The van der Waals surface area contributed by atoms with E-state index in [1.54, 1.807) is 26.8 Å². The van der Waals surface area contributed by atoms with Crippen molar-refractivity contribution in [3.05, 3.63) is 35.1 Å². The van der Waals surface area contributed by atoms with Gasteiger partial charge in [0, 0.05) is 24.4 Å². The fourth-order valence-corrected chi connectivity index (χ4v) is 7.37. The smallest absolute Gasteiger partial charge is 0.493 e. The van der Waals surface area contributed by atoms with Crippen molar-refractivity contribution in [1.29, 1.82) is 0 Å². The zero-order valence-corrected chi connectivity index (χ0v) is 28.7. The third kappa shape index (κ3) is 6.53. The summed E-state index contributed by atoms with van der Waals surface area (Å²) in [5.41, 5.74) is -1.14. The van der Waals surface area contributed by atoms with Gasteiger partial charge in [-0.1, -0.05) is 6.07 Å². The van der Waals surface area contributed by atoms with Gasteiger partial charge in [0.05, 0.1) is 18.1 Å². The van der Waals surface area contributed by atoms with Crippen LogP contribution >= 0.6 is 0 Å². The van der Waals surface area contributed by atoms with Gasteiger partial charge in [-0.2, -0.15) is 0 Å². The van der Waals surface area contributed by atoms with Crippen LogP contribution in [-0.4, -0.2) is 107 Å². The third-order valence-corrected chi connectivity index (χ3v) is 9.68. The second-order valence-corrected chi connectivity index (χ2v) is 14.0. The highest BCUT2D eigenvalue weighted by molar-refractivity contribution is 5.89. The first-order chi connectivity index (χ1) is 22.9. The standard InChI is InChI=1S/C34H44N2O13/c1-17(46-31(42)49-32(3,4)5)28(39)35-20(9-11-24(37)38)30(41)45-18(2)29(40)47-22-12-13-34(43)23-16-19-8-10-21(44-7)26-25(19)33(34,27(22)48-26)14-15-36(23)6/h8,10,12,17-18,20,23,27,43H,9,11,13-16H2,1-7H3,(H,35,39)(H,37,38)/t17?,18?,20?,23-,27+,33+,34-/m1/s1. The van der Waals surface area contributed by atoms with Gasteiger partial charge in [-0.3, -0.25) is 9.59 Å².